The van der Waals surface area contributed by atoms with Gasteiger partial charge in [0.25, 0.3) is 0 Å². The number of aliphatic carboxylic acids is 1. The molecule has 1 atom stereocenters. The molecule has 44 valence electrons. The van der Waals surface area contributed by atoms with Gasteiger partial charge in [-0.3, -0.25) is 4.79 Å². The highest BCUT2D eigenvalue weighted by Crippen LogP contribution is 1.87. The molecular formula is C5H7NO2. The summed E-state index contributed by atoms with van der Waals surface area (Å²) >= 11 is 0. The van der Waals surface area contributed by atoms with E-state index in [1.54, 1.807) is 0 Å². The highest BCUT2D eigenvalue weighted by Gasteiger charge is 2.09. The number of nitrogens with two attached hydrogens (primary N) is 1. The van der Waals surface area contributed by atoms with Crippen molar-refractivity contribution in [2.75, 3.05) is 6.54 Å². The molecule has 0 aliphatic carbocycles. The van der Waals surface area contributed by atoms with Gasteiger partial charge in [-0.25, -0.2) is 0 Å². The Bertz CT molecular complexity index is 125. The second-order valence-electron chi connectivity index (χ2n) is 1.29. The normalized spacial score (nSPS) is 12.0. The smallest absolute Gasteiger partial charge is 0.319 e. The highest BCUT2D eigenvalue weighted by atomic mass is 16.4. The van der Waals surface area contributed by atoms with Crippen LogP contribution >= 0.6 is 0 Å². The Morgan fingerprint density at radius 3 is 2.50 bits per heavy atom. The van der Waals surface area contributed by atoms with Crippen molar-refractivity contribution in [3.05, 3.63) is 0 Å². The summed E-state index contributed by atoms with van der Waals surface area (Å²) in [5, 5.41) is 8.15. The fourth-order valence-electron chi connectivity index (χ4n) is 0.240. The Hall–Kier alpha value is -1.01. The van der Waals surface area contributed by atoms with Gasteiger partial charge in [-0.2, -0.15) is 0 Å². The fourth-order valence-corrected chi connectivity index (χ4v) is 0.240. The van der Waals surface area contributed by atoms with E-state index in [1.807, 2.05) is 5.92 Å². The first-order valence-corrected chi connectivity index (χ1v) is 2.11. The quantitative estimate of drug-likeness (QED) is 0.464. The van der Waals surface area contributed by atoms with E-state index in [0.717, 1.165) is 0 Å². The van der Waals surface area contributed by atoms with E-state index in [1.165, 1.54) is 0 Å². The van der Waals surface area contributed by atoms with Gasteiger partial charge in [0.05, 0.1) is 0 Å². The molecule has 0 radical (unpaired) electrons. The molecule has 0 spiro atoms. The lowest BCUT2D eigenvalue weighted by atomic mass is 10.2. The standard InChI is InChI=1S/C5H7NO2/c1-2-4(3-6)5(7)8/h1,4H,3,6H2,(H,7,8)/t4-/m0/s1. The minimum atomic E-state index is -1.03. The van der Waals surface area contributed by atoms with Gasteiger partial charge >= 0.3 is 5.97 Å². The number of rotatable bonds is 2. The van der Waals surface area contributed by atoms with Crippen LogP contribution in [-0.2, 0) is 4.79 Å². The Morgan fingerprint density at radius 2 is 2.50 bits per heavy atom. The van der Waals surface area contributed by atoms with E-state index in [2.05, 4.69) is 0 Å². The van der Waals surface area contributed by atoms with Crippen LogP contribution in [0.2, 0.25) is 0 Å². The van der Waals surface area contributed by atoms with Crippen molar-refractivity contribution in [3.63, 3.8) is 0 Å². The number of carbonyl (C=O) groups is 1. The van der Waals surface area contributed by atoms with Crippen LogP contribution in [0.15, 0.2) is 0 Å². The summed E-state index contributed by atoms with van der Waals surface area (Å²) in [7, 11) is 0. The van der Waals surface area contributed by atoms with Gasteiger partial charge in [-0.05, 0) is 0 Å². The Labute approximate surface area is 47.5 Å². The van der Waals surface area contributed by atoms with Crippen molar-refractivity contribution in [2.24, 2.45) is 11.7 Å². The van der Waals surface area contributed by atoms with Crippen molar-refractivity contribution >= 4 is 5.97 Å². The predicted molar refractivity (Wildman–Crippen MR) is 29.0 cm³/mol. The largest absolute Gasteiger partial charge is 0.480 e. The van der Waals surface area contributed by atoms with Crippen LogP contribution in [0.1, 0.15) is 0 Å². The second-order valence-corrected chi connectivity index (χ2v) is 1.29. The molecule has 0 saturated heterocycles. The fraction of sp³-hybridized carbons (Fsp3) is 0.400. The van der Waals surface area contributed by atoms with Crippen molar-refractivity contribution in [3.8, 4) is 12.3 Å². The molecule has 0 aliphatic heterocycles. The molecule has 0 heterocycles. The molecule has 0 unspecified atom stereocenters. The summed E-state index contributed by atoms with van der Waals surface area (Å²) in [4.78, 5) is 9.94. The van der Waals surface area contributed by atoms with Gasteiger partial charge in [0, 0.05) is 6.54 Å². The Morgan fingerprint density at radius 1 is 2.00 bits per heavy atom. The van der Waals surface area contributed by atoms with Crippen LogP contribution in [0.25, 0.3) is 0 Å². The first-order valence-electron chi connectivity index (χ1n) is 2.11. The van der Waals surface area contributed by atoms with Crippen LogP contribution in [0.4, 0.5) is 0 Å². The SMILES string of the molecule is C#C[C@@H](CN)C(=O)O. The van der Waals surface area contributed by atoms with Gasteiger partial charge in [0.15, 0.2) is 0 Å². The molecule has 0 rings (SSSR count). The second kappa shape index (κ2) is 3.05. The zero-order valence-corrected chi connectivity index (χ0v) is 4.29. The summed E-state index contributed by atoms with van der Waals surface area (Å²) in [5.41, 5.74) is 4.96. The third-order valence-corrected chi connectivity index (χ3v) is 0.735. The molecule has 0 aromatic heterocycles. The van der Waals surface area contributed by atoms with Gasteiger partial charge in [-0.1, -0.05) is 5.92 Å². The third-order valence-electron chi connectivity index (χ3n) is 0.735. The first-order chi connectivity index (χ1) is 3.72. The number of terminal acetylenes is 1. The topological polar surface area (TPSA) is 63.3 Å². The van der Waals surface area contributed by atoms with Crippen LogP contribution in [-0.4, -0.2) is 17.6 Å². The predicted octanol–water partition coefficient (Wildman–Crippen LogP) is -0.721. The molecule has 3 N–H and O–H groups in total. The molecule has 0 aliphatic rings. The summed E-state index contributed by atoms with van der Waals surface area (Å²) < 4.78 is 0. The van der Waals surface area contributed by atoms with Crippen molar-refractivity contribution < 1.29 is 9.90 Å². The number of carboxylic acids is 1. The molecule has 0 amide bonds. The van der Waals surface area contributed by atoms with Crippen molar-refractivity contribution in [2.45, 2.75) is 0 Å². The number of hydrogen-bond acceptors (Lipinski definition) is 2. The summed E-state index contributed by atoms with van der Waals surface area (Å²) in [6.45, 7) is 0.00579. The maximum Gasteiger partial charge on any atom is 0.319 e. The van der Waals surface area contributed by atoms with E-state index >= 15 is 0 Å². The van der Waals surface area contributed by atoms with E-state index in [9.17, 15) is 4.79 Å². The van der Waals surface area contributed by atoms with E-state index in [4.69, 9.17) is 17.3 Å². The summed E-state index contributed by atoms with van der Waals surface area (Å²) in [5.74, 6) is 0.170. The monoisotopic (exact) mass is 113 g/mol. The van der Waals surface area contributed by atoms with E-state index in [-0.39, 0.29) is 6.54 Å². The summed E-state index contributed by atoms with van der Waals surface area (Å²) in [6, 6.07) is 0. The Balaban J connectivity index is 3.76. The van der Waals surface area contributed by atoms with Crippen molar-refractivity contribution in [1.82, 2.24) is 0 Å². The van der Waals surface area contributed by atoms with Crippen LogP contribution in [0.3, 0.4) is 0 Å². The third kappa shape index (κ3) is 1.63. The lowest BCUT2D eigenvalue weighted by Crippen LogP contribution is -2.21. The first kappa shape index (κ1) is 6.99. The minimum Gasteiger partial charge on any atom is -0.480 e. The molecule has 0 aromatic carbocycles. The van der Waals surface area contributed by atoms with E-state index < -0.39 is 11.9 Å². The average molecular weight is 113 g/mol. The van der Waals surface area contributed by atoms with Crippen LogP contribution < -0.4 is 5.73 Å². The van der Waals surface area contributed by atoms with Crippen LogP contribution in [0.5, 0.6) is 0 Å². The van der Waals surface area contributed by atoms with Gasteiger partial charge in [-0.15, -0.1) is 6.42 Å². The molecule has 3 heteroatoms. The molecule has 0 aromatic rings. The molecule has 0 saturated carbocycles. The molecular weight excluding hydrogens is 106 g/mol. The zero-order valence-electron chi connectivity index (χ0n) is 4.29. The molecule has 0 bridgehead atoms. The highest BCUT2D eigenvalue weighted by molar-refractivity contribution is 5.73. The lowest BCUT2D eigenvalue weighted by Gasteiger charge is -1.96. The van der Waals surface area contributed by atoms with Crippen LogP contribution in [0, 0.1) is 18.3 Å². The zero-order chi connectivity index (χ0) is 6.57. The van der Waals surface area contributed by atoms with Gasteiger partial charge in [0.1, 0.15) is 5.92 Å². The molecule has 8 heavy (non-hydrogen) atoms. The molecule has 3 nitrogen and oxygen atoms in total. The Kier molecular flexibility index (Phi) is 2.67. The maximum absolute atomic E-state index is 9.94. The lowest BCUT2D eigenvalue weighted by molar-refractivity contribution is -0.139. The van der Waals surface area contributed by atoms with E-state index in [0.29, 0.717) is 0 Å². The average Bonchev–Trinajstić information content (AvgIpc) is 1.69. The summed E-state index contributed by atoms with van der Waals surface area (Å²) in [6.07, 6.45) is 4.77. The number of carboxylic acid groups (broad SMARTS) is 1. The minimum absolute atomic E-state index is 0.00579. The van der Waals surface area contributed by atoms with Gasteiger partial charge < -0.3 is 10.8 Å². The van der Waals surface area contributed by atoms with Gasteiger partial charge in [0.2, 0.25) is 0 Å². The van der Waals surface area contributed by atoms with Crippen molar-refractivity contribution in [1.29, 1.82) is 0 Å². The maximum atomic E-state index is 9.94. The molecule has 0 fully saturated rings. The number of hydrogen-bond donors (Lipinski definition) is 2.